The van der Waals surface area contributed by atoms with Crippen molar-refractivity contribution in [3.8, 4) is 11.3 Å². The van der Waals surface area contributed by atoms with Gasteiger partial charge in [-0.1, -0.05) is 24.3 Å². The maximum atomic E-state index is 14.4. The molecule has 0 spiro atoms. The van der Waals surface area contributed by atoms with E-state index in [1.807, 2.05) is 30.3 Å². The molecule has 5 aromatic rings. The van der Waals surface area contributed by atoms with E-state index in [0.717, 1.165) is 28.2 Å². The molecule has 2 N–H and O–H groups in total. The standard InChI is InChI=1S/C23H17FN6O2/c1-25-21(31)17-7-6-15(11-18(17)24)20-22(32)28-23-27-12-16(30(23)29-20)9-13-4-5-14-3-2-8-26-19(14)10-13/h2-8,10-12H,9H2,1H3,(H,25,31)(H,27,28,32). The molecule has 0 aliphatic rings. The molecule has 0 radical (unpaired) electrons. The number of rotatable bonds is 4. The summed E-state index contributed by atoms with van der Waals surface area (Å²) in [7, 11) is 1.42. The molecule has 1 amide bonds. The van der Waals surface area contributed by atoms with Crippen LogP contribution in [0.3, 0.4) is 0 Å². The number of hydrogen-bond acceptors (Lipinski definition) is 5. The first kappa shape index (κ1) is 19.6. The van der Waals surface area contributed by atoms with E-state index in [1.54, 1.807) is 12.4 Å². The second-order valence-electron chi connectivity index (χ2n) is 7.27. The minimum absolute atomic E-state index is 0.0271. The maximum Gasteiger partial charge on any atom is 0.279 e. The van der Waals surface area contributed by atoms with Crippen LogP contribution < -0.4 is 10.9 Å². The van der Waals surface area contributed by atoms with E-state index >= 15 is 0 Å². The Labute approximate surface area is 180 Å². The average Bonchev–Trinajstić information content (AvgIpc) is 3.19. The van der Waals surface area contributed by atoms with Crippen LogP contribution in [0.25, 0.3) is 27.9 Å². The van der Waals surface area contributed by atoms with Gasteiger partial charge in [-0.25, -0.2) is 13.9 Å². The smallest absolute Gasteiger partial charge is 0.279 e. The van der Waals surface area contributed by atoms with Gasteiger partial charge in [0.15, 0.2) is 5.69 Å². The summed E-state index contributed by atoms with van der Waals surface area (Å²) in [5.41, 5.74) is 2.31. The zero-order valence-corrected chi connectivity index (χ0v) is 17.0. The number of fused-ring (bicyclic) bond motifs is 2. The summed E-state index contributed by atoms with van der Waals surface area (Å²) in [6, 6.07) is 13.8. The van der Waals surface area contributed by atoms with Gasteiger partial charge in [0.25, 0.3) is 11.5 Å². The third kappa shape index (κ3) is 3.39. The summed E-state index contributed by atoms with van der Waals surface area (Å²) in [5, 5.41) is 7.85. The highest BCUT2D eigenvalue weighted by atomic mass is 19.1. The fourth-order valence-electron chi connectivity index (χ4n) is 3.61. The Hall–Kier alpha value is -4.40. The first-order chi connectivity index (χ1) is 15.5. The fourth-order valence-corrected chi connectivity index (χ4v) is 3.61. The van der Waals surface area contributed by atoms with Crippen LogP contribution in [0, 0.1) is 5.82 Å². The van der Waals surface area contributed by atoms with Gasteiger partial charge in [0, 0.05) is 30.6 Å². The highest BCUT2D eigenvalue weighted by Crippen LogP contribution is 2.20. The molecular formula is C23H17FN6O2. The third-order valence-corrected chi connectivity index (χ3v) is 5.22. The number of amides is 1. The topological polar surface area (TPSA) is 105 Å². The van der Waals surface area contributed by atoms with E-state index < -0.39 is 17.3 Å². The third-order valence-electron chi connectivity index (χ3n) is 5.22. The van der Waals surface area contributed by atoms with Crippen LogP contribution in [0.2, 0.25) is 0 Å². The zero-order valence-electron chi connectivity index (χ0n) is 17.0. The second kappa shape index (κ2) is 7.69. The number of carbonyl (C=O) groups is 1. The number of carbonyl (C=O) groups excluding carboxylic acids is 1. The molecule has 0 unspecified atom stereocenters. The highest BCUT2D eigenvalue weighted by molar-refractivity contribution is 5.94. The first-order valence-electron chi connectivity index (χ1n) is 9.86. The van der Waals surface area contributed by atoms with Crippen LogP contribution in [0.5, 0.6) is 0 Å². The summed E-state index contributed by atoms with van der Waals surface area (Å²) in [6.45, 7) is 0. The molecule has 3 aromatic heterocycles. The molecule has 3 heterocycles. The Bertz CT molecular complexity index is 1560. The van der Waals surface area contributed by atoms with Gasteiger partial charge in [-0.3, -0.25) is 19.6 Å². The van der Waals surface area contributed by atoms with Crippen molar-refractivity contribution in [3.05, 3.63) is 93.9 Å². The lowest BCUT2D eigenvalue weighted by atomic mass is 10.1. The molecule has 0 aliphatic heterocycles. The predicted molar refractivity (Wildman–Crippen MR) is 117 cm³/mol. The Kier molecular flexibility index (Phi) is 4.70. The first-order valence-corrected chi connectivity index (χ1v) is 9.86. The zero-order chi connectivity index (χ0) is 22.2. The van der Waals surface area contributed by atoms with Crippen molar-refractivity contribution >= 4 is 22.6 Å². The van der Waals surface area contributed by atoms with Crippen LogP contribution in [-0.2, 0) is 6.42 Å². The summed E-state index contributed by atoms with van der Waals surface area (Å²) in [5.74, 6) is -0.999. The molecule has 8 nitrogen and oxygen atoms in total. The van der Waals surface area contributed by atoms with Crippen LogP contribution >= 0.6 is 0 Å². The minimum Gasteiger partial charge on any atom is -0.355 e. The summed E-state index contributed by atoms with van der Waals surface area (Å²) in [6.07, 6.45) is 3.89. The van der Waals surface area contributed by atoms with E-state index in [2.05, 4.69) is 25.4 Å². The molecule has 5 rings (SSSR count). The predicted octanol–water partition coefficient (Wildman–Crippen LogP) is 2.72. The number of imidazole rings is 1. The highest BCUT2D eigenvalue weighted by Gasteiger charge is 2.16. The number of halogens is 1. The monoisotopic (exact) mass is 428 g/mol. The maximum absolute atomic E-state index is 14.4. The van der Waals surface area contributed by atoms with Crippen molar-refractivity contribution in [1.82, 2.24) is 29.9 Å². The lowest BCUT2D eigenvalue weighted by molar-refractivity contribution is 0.0959. The van der Waals surface area contributed by atoms with Crippen molar-refractivity contribution in [1.29, 1.82) is 0 Å². The van der Waals surface area contributed by atoms with Crippen molar-refractivity contribution in [2.45, 2.75) is 6.42 Å². The van der Waals surface area contributed by atoms with Gasteiger partial charge >= 0.3 is 0 Å². The van der Waals surface area contributed by atoms with Gasteiger partial charge in [-0.05, 0) is 29.8 Å². The lowest BCUT2D eigenvalue weighted by Gasteiger charge is -2.07. The summed E-state index contributed by atoms with van der Waals surface area (Å²) < 4.78 is 16.0. The number of benzene rings is 2. The number of hydrogen-bond donors (Lipinski definition) is 2. The van der Waals surface area contributed by atoms with Crippen molar-refractivity contribution in [2.75, 3.05) is 7.05 Å². The van der Waals surface area contributed by atoms with E-state index in [9.17, 15) is 14.0 Å². The molecule has 0 aliphatic carbocycles. The van der Waals surface area contributed by atoms with E-state index in [1.165, 1.54) is 23.7 Å². The Morgan fingerprint density at radius 3 is 2.84 bits per heavy atom. The van der Waals surface area contributed by atoms with E-state index in [0.29, 0.717) is 6.42 Å². The number of pyridine rings is 1. The quantitative estimate of drug-likeness (QED) is 0.458. The van der Waals surface area contributed by atoms with Crippen LogP contribution in [-0.4, -0.2) is 37.5 Å². The average molecular weight is 428 g/mol. The molecular weight excluding hydrogens is 411 g/mol. The number of aromatic amines is 1. The lowest BCUT2D eigenvalue weighted by Crippen LogP contribution is -2.20. The Morgan fingerprint density at radius 2 is 2.03 bits per heavy atom. The van der Waals surface area contributed by atoms with Gasteiger partial charge in [0.05, 0.1) is 23.0 Å². The molecule has 0 atom stereocenters. The Morgan fingerprint density at radius 1 is 1.16 bits per heavy atom. The van der Waals surface area contributed by atoms with Gasteiger partial charge < -0.3 is 5.32 Å². The number of nitrogens with one attached hydrogen (secondary N) is 2. The van der Waals surface area contributed by atoms with Crippen molar-refractivity contribution in [2.24, 2.45) is 0 Å². The molecule has 2 aromatic carbocycles. The van der Waals surface area contributed by atoms with Crippen LogP contribution in [0.15, 0.2) is 65.7 Å². The molecule has 0 saturated heterocycles. The largest absolute Gasteiger partial charge is 0.355 e. The molecule has 9 heteroatoms. The molecule has 0 bridgehead atoms. The summed E-state index contributed by atoms with van der Waals surface area (Å²) in [4.78, 5) is 35.6. The normalized spacial score (nSPS) is 11.2. The number of H-pyrrole nitrogens is 1. The van der Waals surface area contributed by atoms with E-state index in [4.69, 9.17) is 0 Å². The SMILES string of the molecule is CNC(=O)c1ccc(-c2nn3c(Cc4ccc5cccnc5c4)cnc3[nH]c2=O)cc1F. The molecule has 0 saturated carbocycles. The molecule has 32 heavy (non-hydrogen) atoms. The number of aromatic nitrogens is 5. The van der Waals surface area contributed by atoms with E-state index in [-0.39, 0.29) is 22.6 Å². The van der Waals surface area contributed by atoms with Crippen molar-refractivity contribution in [3.63, 3.8) is 0 Å². The van der Waals surface area contributed by atoms with Gasteiger partial charge in [0.1, 0.15) is 5.82 Å². The van der Waals surface area contributed by atoms with Gasteiger partial charge in [-0.15, -0.1) is 0 Å². The Balaban J connectivity index is 1.55. The van der Waals surface area contributed by atoms with Crippen molar-refractivity contribution < 1.29 is 9.18 Å². The van der Waals surface area contributed by atoms with Crippen LogP contribution in [0.1, 0.15) is 21.6 Å². The fraction of sp³-hybridized carbons (Fsp3) is 0.0870. The molecule has 0 fully saturated rings. The van der Waals surface area contributed by atoms with Crippen LogP contribution in [0.4, 0.5) is 4.39 Å². The van der Waals surface area contributed by atoms with Gasteiger partial charge in [0.2, 0.25) is 5.78 Å². The number of nitrogens with zero attached hydrogens (tertiary/aromatic N) is 4. The minimum atomic E-state index is -0.738. The molecule has 158 valence electrons. The second-order valence-corrected chi connectivity index (χ2v) is 7.27. The summed E-state index contributed by atoms with van der Waals surface area (Å²) >= 11 is 0. The van der Waals surface area contributed by atoms with Gasteiger partial charge in [-0.2, -0.15) is 5.10 Å².